The summed E-state index contributed by atoms with van der Waals surface area (Å²) >= 11 is 0. The fourth-order valence-corrected chi connectivity index (χ4v) is 6.99. The maximum atomic E-state index is 14.5. The third-order valence-corrected chi connectivity index (χ3v) is 9.59. The van der Waals surface area contributed by atoms with Crippen molar-refractivity contribution < 1.29 is 53.0 Å². The van der Waals surface area contributed by atoms with Crippen LogP contribution in [-0.4, -0.2) is 82.3 Å². The maximum Gasteiger partial charge on any atom is 0.491 e. The molecule has 0 bridgehead atoms. The van der Waals surface area contributed by atoms with E-state index in [4.69, 9.17) is 19.9 Å². The van der Waals surface area contributed by atoms with Crippen molar-refractivity contribution in [3.63, 3.8) is 0 Å². The van der Waals surface area contributed by atoms with E-state index in [0.29, 0.717) is 56.6 Å². The van der Waals surface area contributed by atoms with E-state index < -0.39 is 68.2 Å². The van der Waals surface area contributed by atoms with E-state index in [-0.39, 0.29) is 43.7 Å². The van der Waals surface area contributed by atoms with Gasteiger partial charge in [0.05, 0.1) is 25.7 Å². The zero-order chi connectivity index (χ0) is 36.0. The second-order valence-electron chi connectivity index (χ2n) is 12.8. The number of nitrogens with one attached hydrogen (secondary N) is 1. The van der Waals surface area contributed by atoms with Crippen molar-refractivity contribution in [2.75, 3.05) is 6.54 Å². The van der Waals surface area contributed by atoms with Gasteiger partial charge in [-0.1, -0.05) is 30.3 Å². The lowest BCUT2D eigenvalue weighted by Gasteiger charge is -2.28. The van der Waals surface area contributed by atoms with Crippen LogP contribution in [0, 0.1) is 0 Å². The van der Waals surface area contributed by atoms with Crippen LogP contribution in [0.25, 0.3) is 11.1 Å². The number of hydrogen-bond donors (Lipinski definition) is 4. The van der Waals surface area contributed by atoms with Gasteiger partial charge in [-0.05, 0) is 75.8 Å². The molecule has 51 heavy (non-hydrogen) atoms. The van der Waals surface area contributed by atoms with Crippen LogP contribution in [0.2, 0.25) is 0 Å². The van der Waals surface area contributed by atoms with E-state index in [0.717, 1.165) is 0 Å². The number of likely N-dealkylation sites (tertiary alicyclic amines) is 1. The van der Waals surface area contributed by atoms with Crippen molar-refractivity contribution in [1.82, 2.24) is 15.3 Å². The maximum absolute atomic E-state index is 14.5. The molecule has 0 aromatic heterocycles. The highest BCUT2D eigenvalue weighted by molar-refractivity contribution is 6.62. The lowest BCUT2D eigenvalue weighted by Crippen LogP contribution is -2.47. The highest BCUT2D eigenvalue weighted by atomic mass is 16.7. The Morgan fingerprint density at radius 2 is 1.65 bits per heavy atom. The van der Waals surface area contributed by atoms with Gasteiger partial charge in [0.15, 0.2) is 0 Å². The fraction of sp³-hybridized carbons (Fsp3) is 0.294. The number of nitrogens with two attached hydrogens (primary N) is 1. The van der Waals surface area contributed by atoms with Gasteiger partial charge in [-0.2, -0.15) is 0 Å². The van der Waals surface area contributed by atoms with Gasteiger partial charge in [-0.25, -0.2) is 4.79 Å². The Morgan fingerprint density at radius 1 is 0.941 bits per heavy atom. The first-order valence-electron chi connectivity index (χ1n) is 16.5. The van der Waals surface area contributed by atoms with Crippen LogP contribution in [-0.2, 0) is 46.5 Å². The average Bonchev–Trinajstić information content (AvgIpc) is 3.92. The van der Waals surface area contributed by atoms with Crippen LogP contribution in [0.1, 0.15) is 75.6 Å². The van der Waals surface area contributed by atoms with E-state index in [1.54, 1.807) is 36.4 Å². The molecule has 0 aliphatic carbocycles. The molecule has 0 spiro atoms. The van der Waals surface area contributed by atoms with Crippen molar-refractivity contribution >= 4 is 60.7 Å². The van der Waals surface area contributed by atoms with E-state index >= 15 is 0 Å². The standard InChI is InChI=1S/C34H32B2N4O11/c37-32(44)19-11-22(24-17-50-36(48)26(24)13-19)21-12-20-16-49-35(47)25(20)14-23(21)34(46)39-10-4-7-28(39)33(45)38-27(18-5-2-1-3-6-18)15-31(43)51-40-29(41)8-9-30(40)42/h1-3,5-6,11-14,27-28,47-48H,4,7-10,15-17H2,(H2,37,44)(H,38,45)/t27-,28+/m1/s1. The zero-order valence-electron chi connectivity index (χ0n) is 27.2. The van der Waals surface area contributed by atoms with Gasteiger partial charge in [-0.3, -0.25) is 24.0 Å². The second kappa shape index (κ2) is 13.8. The minimum Gasteiger partial charge on any atom is -0.423 e. The fourth-order valence-electron chi connectivity index (χ4n) is 6.99. The Labute approximate surface area is 291 Å². The summed E-state index contributed by atoms with van der Waals surface area (Å²) in [5, 5.41) is 24.4. The number of fused-ring (bicyclic) bond motifs is 2. The van der Waals surface area contributed by atoms with Gasteiger partial charge in [-0.15, -0.1) is 5.06 Å². The first-order chi connectivity index (χ1) is 24.5. The predicted octanol–water partition coefficient (Wildman–Crippen LogP) is -0.653. The molecule has 3 aromatic rings. The molecule has 0 unspecified atom stereocenters. The molecule has 2 fully saturated rings. The molecule has 5 amide bonds. The molecule has 4 heterocycles. The van der Waals surface area contributed by atoms with Crippen molar-refractivity contribution in [1.29, 1.82) is 0 Å². The number of primary amides is 1. The molecule has 2 atom stereocenters. The molecule has 260 valence electrons. The number of hydroxylamine groups is 2. The van der Waals surface area contributed by atoms with Crippen LogP contribution < -0.4 is 22.0 Å². The van der Waals surface area contributed by atoms with Gasteiger partial charge in [0.2, 0.25) is 11.8 Å². The van der Waals surface area contributed by atoms with Crippen molar-refractivity contribution in [3.8, 4) is 11.1 Å². The molecular formula is C34H32B2N4O11. The molecule has 15 nitrogen and oxygen atoms in total. The van der Waals surface area contributed by atoms with Gasteiger partial charge in [0.1, 0.15) is 6.04 Å². The summed E-state index contributed by atoms with van der Waals surface area (Å²) in [6.45, 7) is 0.269. The van der Waals surface area contributed by atoms with Gasteiger partial charge in [0, 0.05) is 30.5 Å². The van der Waals surface area contributed by atoms with Crippen LogP contribution in [0.4, 0.5) is 0 Å². The molecule has 0 radical (unpaired) electrons. The average molecular weight is 694 g/mol. The van der Waals surface area contributed by atoms with Crippen LogP contribution in [0.15, 0.2) is 54.6 Å². The van der Waals surface area contributed by atoms with E-state index in [1.807, 2.05) is 0 Å². The molecule has 17 heteroatoms. The monoisotopic (exact) mass is 694 g/mol. The normalized spacial score (nSPS) is 18.6. The lowest BCUT2D eigenvalue weighted by atomic mass is 9.74. The van der Waals surface area contributed by atoms with Gasteiger partial charge in [0.25, 0.3) is 17.7 Å². The predicted molar refractivity (Wildman–Crippen MR) is 178 cm³/mol. The Morgan fingerprint density at radius 3 is 2.37 bits per heavy atom. The SMILES string of the molecule is NC(=O)c1cc2c(c(-c3cc4c(cc3C(=O)N3CCC[C@H]3C(=O)N[C@H](CC(=O)ON3C(=O)CCC3=O)c3ccccc3)B(O)OC4)c1)COB2O. The number of hydrogen-bond acceptors (Lipinski definition) is 11. The Balaban J connectivity index is 1.19. The number of carbonyl (C=O) groups excluding carboxylic acids is 6. The summed E-state index contributed by atoms with van der Waals surface area (Å²) in [4.78, 5) is 84.3. The van der Waals surface area contributed by atoms with E-state index in [2.05, 4.69) is 5.32 Å². The van der Waals surface area contributed by atoms with Crippen molar-refractivity contribution in [2.24, 2.45) is 5.73 Å². The topological polar surface area (TPSA) is 215 Å². The summed E-state index contributed by atoms with van der Waals surface area (Å²) < 4.78 is 10.9. The van der Waals surface area contributed by atoms with Crippen LogP contribution in [0.5, 0.6) is 0 Å². The summed E-state index contributed by atoms with van der Waals surface area (Å²) in [5.41, 5.74) is 9.04. The van der Waals surface area contributed by atoms with Gasteiger partial charge >= 0.3 is 20.2 Å². The Bertz CT molecular complexity index is 1960. The highest BCUT2D eigenvalue weighted by Gasteiger charge is 2.40. The Kier molecular flexibility index (Phi) is 9.20. The van der Waals surface area contributed by atoms with Crippen molar-refractivity contribution in [2.45, 2.75) is 57.4 Å². The number of nitrogens with zero attached hydrogens (tertiary/aromatic N) is 2. The molecule has 7 rings (SSSR count). The molecule has 2 saturated heterocycles. The largest absolute Gasteiger partial charge is 0.491 e. The van der Waals surface area contributed by atoms with Crippen LogP contribution >= 0.6 is 0 Å². The smallest absolute Gasteiger partial charge is 0.423 e. The minimum absolute atomic E-state index is 0.00709. The number of carbonyl (C=O) groups is 6. The number of amides is 5. The second-order valence-corrected chi connectivity index (χ2v) is 12.8. The lowest BCUT2D eigenvalue weighted by molar-refractivity contribution is -0.197. The summed E-state index contributed by atoms with van der Waals surface area (Å²) in [6.07, 6.45) is 0.251. The third-order valence-electron chi connectivity index (χ3n) is 9.59. The molecule has 4 aliphatic heterocycles. The molecule has 3 aromatic carbocycles. The number of imide groups is 1. The molecular weight excluding hydrogens is 662 g/mol. The zero-order valence-corrected chi connectivity index (χ0v) is 27.2. The summed E-state index contributed by atoms with van der Waals surface area (Å²) in [7, 11) is -2.60. The van der Waals surface area contributed by atoms with E-state index in [9.17, 15) is 38.8 Å². The van der Waals surface area contributed by atoms with Crippen LogP contribution in [0.3, 0.4) is 0 Å². The summed E-state index contributed by atoms with van der Waals surface area (Å²) in [5.74, 6) is -4.00. The van der Waals surface area contributed by atoms with Gasteiger partial charge < -0.3 is 40.1 Å². The van der Waals surface area contributed by atoms with Crippen molar-refractivity contribution in [3.05, 3.63) is 82.4 Å². The quantitative estimate of drug-likeness (QED) is 0.163. The highest BCUT2D eigenvalue weighted by Crippen LogP contribution is 2.34. The van der Waals surface area contributed by atoms with E-state index in [1.165, 1.54) is 23.1 Å². The summed E-state index contributed by atoms with van der Waals surface area (Å²) in [6, 6.07) is 12.9. The molecule has 0 saturated carbocycles. The number of rotatable bonds is 9. The minimum atomic E-state index is -1.31. The first-order valence-corrected chi connectivity index (χ1v) is 16.5. The number of benzene rings is 3. The molecule has 5 N–H and O–H groups in total. The molecule has 4 aliphatic rings. The Hall–Kier alpha value is -5.35. The first kappa shape index (κ1) is 34.1. The third kappa shape index (κ3) is 6.52.